The molecule has 17 heavy (non-hydrogen) atoms. The van der Waals surface area contributed by atoms with E-state index in [4.69, 9.17) is 4.74 Å². The Morgan fingerprint density at radius 3 is 2.82 bits per heavy atom. The summed E-state index contributed by atoms with van der Waals surface area (Å²) >= 11 is 0. The first-order valence-electron chi connectivity index (χ1n) is 5.55. The van der Waals surface area contributed by atoms with Gasteiger partial charge in [0.2, 0.25) is 0 Å². The topological polar surface area (TPSA) is 34.5 Å². The van der Waals surface area contributed by atoms with E-state index in [1.165, 1.54) is 0 Å². The molecule has 3 nitrogen and oxygen atoms in total. The van der Waals surface area contributed by atoms with Gasteiger partial charge in [0.1, 0.15) is 5.75 Å². The molecule has 0 saturated heterocycles. The number of benzene rings is 1. The maximum absolute atomic E-state index is 5.36. The highest BCUT2D eigenvalue weighted by atomic mass is 16.5. The summed E-state index contributed by atoms with van der Waals surface area (Å²) in [6.45, 7) is 2.58. The van der Waals surface area contributed by atoms with E-state index >= 15 is 0 Å². The second-order valence-electron chi connectivity index (χ2n) is 3.48. The van der Waals surface area contributed by atoms with Crippen LogP contribution in [0.2, 0.25) is 0 Å². The van der Waals surface area contributed by atoms with Gasteiger partial charge in [0.15, 0.2) is 0 Å². The second-order valence-corrected chi connectivity index (χ2v) is 3.48. The van der Waals surface area contributed by atoms with Gasteiger partial charge in [-0.05, 0) is 12.5 Å². The molecule has 1 aromatic carbocycles. The Bertz CT molecular complexity index is 495. The SMILES string of the molecule is CCOc1cncc(/N=C/c2ccccc2)c1. The number of aromatic nitrogens is 1. The third-order valence-corrected chi connectivity index (χ3v) is 2.17. The van der Waals surface area contributed by atoms with E-state index in [0.29, 0.717) is 6.61 Å². The molecular formula is C14H14N2O. The molecule has 0 N–H and O–H groups in total. The molecule has 0 radical (unpaired) electrons. The molecule has 3 heteroatoms. The first-order valence-corrected chi connectivity index (χ1v) is 5.55. The first-order chi connectivity index (χ1) is 8.38. The van der Waals surface area contributed by atoms with Crippen LogP contribution in [0, 0.1) is 0 Å². The number of hydrogen-bond donors (Lipinski definition) is 0. The summed E-state index contributed by atoms with van der Waals surface area (Å²) in [5.41, 5.74) is 1.86. The third-order valence-electron chi connectivity index (χ3n) is 2.17. The van der Waals surface area contributed by atoms with Gasteiger partial charge in [0.05, 0.1) is 24.7 Å². The standard InChI is InChI=1S/C14H14N2O/c1-2-17-14-8-13(10-15-11-14)16-9-12-6-4-3-5-7-12/h3-11H,2H2,1H3/b16-9+. The minimum Gasteiger partial charge on any atom is -0.492 e. The fourth-order valence-corrected chi connectivity index (χ4v) is 1.41. The number of hydrogen-bond acceptors (Lipinski definition) is 3. The zero-order chi connectivity index (χ0) is 11.9. The molecule has 1 heterocycles. The lowest BCUT2D eigenvalue weighted by Crippen LogP contribution is -1.91. The Morgan fingerprint density at radius 1 is 1.24 bits per heavy atom. The monoisotopic (exact) mass is 226 g/mol. The summed E-state index contributed by atoms with van der Waals surface area (Å²) in [6, 6.07) is 11.8. The van der Waals surface area contributed by atoms with Crippen LogP contribution < -0.4 is 4.74 Å². The predicted molar refractivity (Wildman–Crippen MR) is 69.1 cm³/mol. The Morgan fingerprint density at radius 2 is 2.06 bits per heavy atom. The van der Waals surface area contributed by atoms with Crippen LogP contribution in [0.5, 0.6) is 5.75 Å². The molecule has 0 fully saturated rings. The van der Waals surface area contributed by atoms with E-state index in [0.717, 1.165) is 17.0 Å². The average Bonchev–Trinajstić information content (AvgIpc) is 2.39. The van der Waals surface area contributed by atoms with E-state index in [-0.39, 0.29) is 0 Å². The Kier molecular flexibility index (Phi) is 3.86. The van der Waals surface area contributed by atoms with Crippen molar-refractivity contribution in [2.45, 2.75) is 6.92 Å². The highest BCUT2D eigenvalue weighted by Crippen LogP contribution is 2.17. The van der Waals surface area contributed by atoms with Gasteiger partial charge in [-0.3, -0.25) is 9.98 Å². The zero-order valence-electron chi connectivity index (χ0n) is 9.71. The van der Waals surface area contributed by atoms with Crippen LogP contribution in [0.4, 0.5) is 5.69 Å². The van der Waals surface area contributed by atoms with Crippen molar-refractivity contribution in [3.63, 3.8) is 0 Å². The van der Waals surface area contributed by atoms with Crippen LogP contribution in [-0.2, 0) is 0 Å². The van der Waals surface area contributed by atoms with Gasteiger partial charge in [-0.15, -0.1) is 0 Å². The molecule has 0 aliphatic rings. The fraction of sp³-hybridized carbons (Fsp3) is 0.143. The maximum Gasteiger partial charge on any atom is 0.139 e. The third kappa shape index (κ3) is 3.41. The number of pyridine rings is 1. The highest BCUT2D eigenvalue weighted by Gasteiger charge is 1.94. The smallest absolute Gasteiger partial charge is 0.139 e. The molecular weight excluding hydrogens is 212 g/mol. The summed E-state index contributed by atoms with van der Waals surface area (Å²) < 4.78 is 5.36. The van der Waals surface area contributed by atoms with Crippen molar-refractivity contribution in [1.29, 1.82) is 0 Å². The van der Waals surface area contributed by atoms with E-state index in [9.17, 15) is 0 Å². The molecule has 0 aliphatic carbocycles. The van der Waals surface area contributed by atoms with Crippen LogP contribution in [0.25, 0.3) is 0 Å². The van der Waals surface area contributed by atoms with Crippen molar-refractivity contribution in [1.82, 2.24) is 4.98 Å². The molecule has 1 aromatic heterocycles. The molecule has 0 saturated carbocycles. The summed E-state index contributed by atoms with van der Waals surface area (Å²) in [5.74, 6) is 0.746. The Hall–Kier alpha value is -2.16. The molecule has 0 bridgehead atoms. The van der Waals surface area contributed by atoms with Gasteiger partial charge in [0.25, 0.3) is 0 Å². The van der Waals surface area contributed by atoms with Crippen LogP contribution in [0.1, 0.15) is 12.5 Å². The van der Waals surface area contributed by atoms with Gasteiger partial charge in [-0.2, -0.15) is 0 Å². The quantitative estimate of drug-likeness (QED) is 0.750. The van der Waals surface area contributed by atoms with Gasteiger partial charge in [0, 0.05) is 12.3 Å². The highest BCUT2D eigenvalue weighted by molar-refractivity contribution is 5.81. The average molecular weight is 226 g/mol. The van der Waals surface area contributed by atoms with Gasteiger partial charge in [-0.25, -0.2) is 0 Å². The Balaban J connectivity index is 2.13. The molecule has 86 valence electrons. The van der Waals surface area contributed by atoms with Crippen molar-refractivity contribution >= 4 is 11.9 Å². The predicted octanol–water partition coefficient (Wildman–Crippen LogP) is 3.23. The van der Waals surface area contributed by atoms with Crippen LogP contribution in [0.3, 0.4) is 0 Å². The van der Waals surface area contributed by atoms with E-state index < -0.39 is 0 Å². The van der Waals surface area contributed by atoms with Crippen molar-refractivity contribution in [2.75, 3.05) is 6.61 Å². The number of aliphatic imine (C=N–C) groups is 1. The van der Waals surface area contributed by atoms with E-state index in [2.05, 4.69) is 9.98 Å². The number of rotatable bonds is 4. The minimum absolute atomic E-state index is 0.632. The lowest BCUT2D eigenvalue weighted by atomic mass is 10.2. The lowest BCUT2D eigenvalue weighted by molar-refractivity contribution is 0.339. The molecule has 0 unspecified atom stereocenters. The Labute approximate surface area is 101 Å². The molecule has 0 aliphatic heterocycles. The minimum atomic E-state index is 0.632. The molecule has 0 spiro atoms. The van der Waals surface area contributed by atoms with Gasteiger partial charge in [-0.1, -0.05) is 30.3 Å². The van der Waals surface area contributed by atoms with Crippen molar-refractivity contribution in [3.05, 3.63) is 54.4 Å². The van der Waals surface area contributed by atoms with Gasteiger partial charge >= 0.3 is 0 Å². The molecule has 0 amide bonds. The van der Waals surface area contributed by atoms with Crippen LogP contribution >= 0.6 is 0 Å². The maximum atomic E-state index is 5.36. The fourth-order valence-electron chi connectivity index (χ4n) is 1.41. The van der Waals surface area contributed by atoms with E-state index in [1.54, 1.807) is 12.4 Å². The van der Waals surface area contributed by atoms with Crippen molar-refractivity contribution in [2.24, 2.45) is 4.99 Å². The first kappa shape index (κ1) is 11.3. The second kappa shape index (κ2) is 5.80. The molecule has 0 atom stereocenters. The largest absolute Gasteiger partial charge is 0.492 e. The summed E-state index contributed by atoms with van der Waals surface area (Å²) in [7, 11) is 0. The van der Waals surface area contributed by atoms with Crippen molar-refractivity contribution in [3.8, 4) is 5.75 Å². The van der Waals surface area contributed by atoms with Gasteiger partial charge < -0.3 is 4.74 Å². The molecule has 2 rings (SSSR count). The molecule has 2 aromatic rings. The normalized spacial score (nSPS) is 10.6. The summed E-state index contributed by atoms with van der Waals surface area (Å²) in [5, 5.41) is 0. The lowest BCUT2D eigenvalue weighted by Gasteiger charge is -2.01. The van der Waals surface area contributed by atoms with Crippen LogP contribution in [0.15, 0.2) is 53.8 Å². The number of nitrogens with zero attached hydrogens (tertiary/aromatic N) is 2. The van der Waals surface area contributed by atoms with Crippen LogP contribution in [-0.4, -0.2) is 17.8 Å². The zero-order valence-corrected chi connectivity index (χ0v) is 9.71. The van der Waals surface area contributed by atoms with Crippen molar-refractivity contribution < 1.29 is 4.74 Å². The van der Waals surface area contributed by atoms with E-state index in [1.807, 2.05) is 49.5 Å². The summed E-state index contributed by atoms with van der Waals surface area (Å²) in [4.78, 5) is 8.43. The summed E-state index contributed by atoms with van der Waals surface area (Å²) in [6.07, 6.45) is 5.21. The number of ether oxygens (including phenoxy) is 1.